The van der Waals surface area contributed by atoms with Crippen molar-refractivity contribution in [2.24, 2.45) is 10.4 Å². The molecule has 1 N–H and O–H groups in total. The molecule has 3 saturated heterocycles. The highest BCUT2D eigenvalue weighted by Gasteiger charge is 2.33. The summed E-state index contributed by atoms with van der Waals surface area (Å²) >= 11 is 0. The number of aliphatic imine (C=N–C) groups is 1. The maximum absolute atomic E-state index is 12.4. The molecule has 1 amide bonds. The van der Waals surface area contributed by atoms with Crippen LogP contribution in [0.2, 0.25) is 0 Å². The predicted molar refractivity (Wildman–Crippen MR) is 116 cm³/mol. The van der Waals surface area contributed by atoms with E-state index in [0.717, 1.165) is 71.5 Å². The van der Waals surface area contributed by atoms with E-state index in [1.165, 1.54) is 0 Å². The molecule has 27 heavy (non-hydrogen) atoms. The van der Waals surface area contributed by atoms with Gasteiger partial charge in [-0.1, -0.05) is 6.92 Å². The third-order valence-electron chi connectivity index (χ3n) is 5.24. The Hall–Kier alpha value is -0.650. The third-order valence-corrected chi connectivity index (χ3v) is 5.24. The van der Waals surface area contributed by atoms with Gasteiger partial charge in [0.1, 0.15) is 0 Å². The fourth-order valence-electron chi connectivity index (χ4n) is 3.46. The average Bonchev–Trinajstić information content (AvgIpc) is 2.65. The minimum atomic E-state index is 0. The second-order valence-corrected chi connectivity index (χ2v) is 7.73. The Balaban J connectivity index is 0.00000261. The summed E-state index contributed by atoms with van der Waals surface area (Å²) in [5.41, 5.74) is 0.188. The number of hydrogen-bond donors (Lipinski definition) is 1. The van der Waals surface area contributed by atoms with Crippen LogP contribution >= 0.6 is 24.0 Å². The van der Waals surface area contributed by atoms with E-state index >= 15 is 0 Å². The lowest BCUT2D eigenvalue weighted by Gasteiger charge is -2.39. The topological polar surface area (TPSA) is 69.6 Å². The third kappa shape index (κ3) is 6.43. The minimum Gasteiger partial charge on any atom is -0.380 e. The number of carbonyl (C=O) groups is 1. The quantitative estimate of drug-likeness (QED) is 0.331. The molecule has 0 radical (unpaired) electrons. The van der Waals surface area contributed by atoms with Crippen LogP contribution < -0.4 is 5.32 Å². The summed E-state index contributed by atoms with van der Waals surface area (Å²) in [5.74, 6) is 1.21. The summed E-state index contributed by atoms with van der Waals surface area (Å²) < 4.78 is 10.6. The fraction of sp³-hybridized carbons (Fsp3) is 0.889. The minimum absolute atomic E-state index is 0. The van der Waals surface area contributed by atoms with Gasteiger partial charge >= 0.3 is 0 Å². The molecule has 8 nitrogen and oxygen atoms in total. The molecule has 0 unspecified atom stereocenters. The molecule has 0 aromatic heterocycles. The highest BCUT2D eigenvalue weighted by Crippen LogP contribution is 2.26. The summed E-state index contributed by atoms with van der Waals surface area (Å²) in [7, 11) is 0. The van der Waals surface area contributed by atoms with Crippen molar-refractivity contribution >= 4 is 35.8 Å². The first-order chi connectivity index (χ1) is 12.6. The van der Waals surface area contributed by atoms with Gasteiger partial charge in [-0.05, 0) is 6.92 Å². The molecule has 3 aliphatic heterocycles. The number of halogens is 1. The van der Waals surface area contributed by atoms with Crippen molar-refractivity contribution < 1.29 is 14.3 Å². The summed E-state index contributed by atoms with van der Waals surface area (Å²) in [6.07, 6.45) is 0. The number of rotatable bonds is 5. The van der Waals surface area contributed by atoms with Gasteiger partial charge in [0.05, 0.1) is 39.5 Å². The molecule has 156 valence electrons. The van der Waals surface area contributed by atoms with Gasteiger partial charge in [-0.15, -0.1) is 24.0 Å². The van der Waals surface area contributed by atoms with Gasteiger partial charge in [0.2, 0.25) is 5.91 Å². The number of ether oxygens (including phenoxy) is 2. The lowest BCUT2D eigenvalue weighted by Crippen LogP contribution is -2.55. The number of hydrogen-bond acceptors (Lipinski definition) is 5. The van der Waals surface area contributed by atoms with Crippen molar-refractivity contribution in [1.29, 1.82) is 0 Å². The maximum atomic E-state index is 12.4. The number of piperazine rings is 1. The summed E-state index contributed by atoms with van der Waals surface area (Å²) in [6.45, 7) is 14.4. The van der Waals surface area contributed by atoms with E-state index in [2.05, 4.69) is 29.0 Å². The van der Waals surface area contributed by atoms with Crippen molar-refractivity contribution in [1.82, 2.24) is 20.0 Å². The van der Waals surface area contributed by atoms with Gasteiger partial charge in [0, 0.05) is 51.2 Å². The van der Waals surface area contributed by atoms with Crippen LogP contribution in [0.3, 0.4) is 0 Å². The van der Waals surface area contributed by atoms with Gasteiger partial charge in [-0.25, -0.2) is 0 Å². The lowest BCUT2D eigenvalue weighted by atomic mass is 9.89. The van der Waals surface area contributed by atoms with Crippen molar-refractivity contribution in [3.8, 4) is 0 Å². The van der Waals surface area contributed by atoms with Crippen LogP contribution in [-0.4, -0.2) is 112 Å². The first kappa shape index (κ1) is 22.6. The monoisotopic (exact) mass is 495 g/mol. The molecule has 3 rings (SSSR count). The highest BCUT2D eigenvalue weighted by atomic mass is 127. The first-order valence-electron chi connectivity index (χ1n) is 9.78. The molecule has 0 bridgehead atoms. The Kier molecular flexibility index (Phi) is 9.03. The van der Waals surface area contributed by atoms with Gasteiger partial charge in [-0.2, -0.15) is 0 Å². The van der Waals surface area contributed by atoms with Crippen LogP contribution in [-0.2, 0) is 14.3 Å². The molecular formula is C18H34IN5O3. The van der Waals surface area contributed by atoms with E-state index in [1.54, 1.807) is 0 Å². The highest BCUT2D eigenvalue weighted by molar-refractivity contribution is 14.0. The molecule has 0 atom stereocenters. The summed E-state index contributed by atoms with van der Waals surface area (Å²) in [5, 5.41) is 3.41. The predicted octanol–water partition coefficient (Wildman–Crippen LogP) is 0.0828. The van der Waals surface area contributed by atoms with E-state index < -0.39 is 0 Å². The standard InChI is InChI=1S/C18H33N5O3.HI/c1-3-19-17(20-13-18(2)14-26-15-18)23-6-4-21(5-7-23)12-16(24)22-8-10-25-11-9-22;/h3-15H2,1-2H3,(H,19,20);1H. The van der Waals surface area contributed by atoms with E-state index in [4.69, 9.17) is 14.5 Å². The van der Waals surface area contributed by atoms with Crippen molar-refractivity contribution in [3.05, 3.63) is 0 Å². The Bertz CT molecular complexity index is 501. The second-order valence-electron chi connectivity index (χ2n) is 7.73. The average molecular weight is 495 g/mol. The molecule has 3 fully saturated rings. The zero-order valence-corrected chi connectivity index (χ0v) is 18.9. The molecule has 3 aliphatic rings. The fourth-order valence-corrected chi connectivity index (χ4v) is 3.46. The number of morpholine rings is 1. The Morgan fingerprint density at radius 1 is 1.04 bits per heavy atom. The zero-order valence-electron chi connectivity index (χ0n) is 16.6. The van der Waals surface area contributed by atoms with Crippen LogP contribution in [0, 0.1) is 5.41 Å². The van der Waals surface area contributed by atoms with Gasteiger partial charge in [0.25, 0.3) is 0 Å². The van der Waals surface area contributed by atoms with Gasteiger partial charge in [0.15, 0.2) is 5.96 Å². The van der Waals surface area contributed by atoms with E-state index in [-0.39, 0.29) is 35.3 Å². The molecule has 0 aliphatic carbocycles. The number of nitrogens with zero attached hydrogens (tertiary/aromatic N) is 4. The normalized spacial score (nSPS) is 23.4. The Labute approximate surface area is 179 Å². The van der Waals surface area contributed by atoms with E-state index in [9.17, 15) is 4.79 Å². The maximum Gasteiger partial charge on any atom is 0.236 e. The Morgan fingerprint density at radius 3 is 2.26 bits per heavy atom. The first-order valence-corrected chi connectivity index (χ1v) is 9.78. The largest absolute Gasteiger partial charge is 0.380 e. The Morgan fingerprint density at radius 2 is 1.70 bits per heavy atom. The zero-order chi connectivity index (χ0) is 18.4. The number of amides is 1. The molecule has 0 saturated carbocycles. The van der Waals surface area contributed by atoms with Crippen LogP contribution in [0.5, 0.6) is 0 Å². The van der Waals surface area contributed by atoms with Crippen molar-refractivity contribution in [2.45, 2.75) is 13.8 Å². The number of nitrogens with one attached hydrogen (secondary N) is 1. The summed E-state index contributed by atoms with van der Waals surface area (Å²) in [6, 6.07) is 0. The molecule has 0 aromatic carbocycles. The SMILES string of the molecule is CCNC(=NCC1(C)COC1)N1CCN(CC(=O)N2CCOCC2)CC1.I. The molecular weight excluding hydrogens is 461 g/mol. The van der Waals surface area contributed by atoms with E-state index in [0.29, 0.717) is 19.8 Å². The van der Waals surface area contributed by atoms with Crippen LogP contribution in [0.4, 0.5) is 0 Å². The molecule has 9 heteroatoms. The van der Waals surface area contributed by atoms with Crippen molar-refractivity contribution in [2.75, 3.05) is 85.3 Å². The lowest BCUT2D eigenvalue weighted by molar-refractivity contribution is -0.136. The summed E-state index contributed by atoms with van der Waals surface area (Å²) in [4.78, 5) is 23.7. The van der Waals surface area contributed by atoms with Gasteiger partial charge < -0.3 is 24.6 Å². The molecule has 0 spiro atoms. The van der Waals surface area contributed by atoms with E-state index in [1.807, 2.05) is 4.90 Å². The van der Waals surface area contributed by atoms with Crippen LogP contribution in [0.1, 0.15) is 13.8 Å². The molecule has 0 aromatic rings. The van der Waals surface area contributed by atoms with Crippen LogP contribution in [0.25, 0.3) is 0 Å². The smallest absolute Gasteiger partial charge is 0.236 e. The molecule has 3 heterocycles. The van der Waals surface area contributed by atoms with Gasteiger partial charge in [-0.3, -0.25) is 14.7 Å². The van der Waals surface area contributed by atoms with Crippen molar-refractivity contribution in [3.63, 3.8) is 0 Å². The van der Waals surface area contributed by atoms with Crippen LogP contribution in [0.15, 0.2) is 4.99 Å². The number of guanidine groups is 1. The second kappa shape index (κ2) is 10.8. The number of carbonyl (C=O) groups excluding carboxylic acids is 1.